The first-order valence-corrected chi connectivity index (χ1v) is 8.15. The minimum Gasteiger partial charge on any atom is -0.449 e. The molecule has 1 N–H and O–H groups in total. The number of amides is 1. The summed E-state index contributed by atoms with van der Waals surface area (Å²) in [7, 11) is 0. The summed E-state index contributed by atoms with van der Waals surface area (Å²) in [6, 6.07) is 11.5. The third-order valence-electron chi connectivity index (χ3n) is 2.94. The zero-order valence-electron chi connectivity index (χ0n) is 12.0. The average Bonchev–Trinajstić information content (AvgIpc) is 2.50. The molecule has 0 heterocycles. The second-order valence-corrected chi connectivity index (χ2v) is 6.34. The molecule has 0 saturated carbocycles. The van der Waals surface area contributed by atoms with Crippen molar-refractivity contribution in [1.82, 2.24) is 0 Å². The van der Waals surface area contributed by atoms with Crippen LogP contribution in [0.2, 0.25) is 10.0 Å². The van der Waals surface area contributed by atoms with Gasteiger partial charge in [-0.25, -0.2) is 4.79 Å². The van der Waals surface area contributed by atoms with Crippen molar-refractivity contribution in [2.75, 3.05) is 5.32 Å². The number of anilines is 1. The average molecular weight is 417 g/mol. The summed E-state index contributed by atoms with van der Waals surface area (Å²) in [5.41, 5.74) is 0.738. The van der Waals surface area contributed by atoms with Gasteiger partial charge in [0.1, 0.15) is 0 Å². The minimum atomic E-state index is -0.985. The van der Waals surface area contributed by atoms with Gasteiger partial charge in [-0.3, -0.25) is 4.79 Å². The van der Waals surface area contributed by atoms with Crippen molar-refractivity contribution < 1.29 is 14.3 Å². The second kappa shape index (κ2) is 7.81. The van der Waals surface area contributed by atoms with Crippen molar-refractivity contribution >= 4 is 56.7 Å². The highest BCUT2D eigenvalue weighted by Crippen LogP contribution is 2.25. The van der Waals surface area contributed by atoms with E-state index in [9.17, 15) is 9.59 Å². The maximum atomic E-state index is 12.1. The molecule has 0 bridgehead atoms. The SMILES string of the molecule is CC(OC(=O)c1ccccc1Br)C(=O)Nc1ccc(Cl)cc1Cl. The van der Waals surface area contributed by atoms with Gasteiger partial charge in [-0.05, 0) is 53.2 Å². The fraction of sp³-hybridized carbons (Fsp3) is 0.125. The Labute approximate surface area is 151 Å². The van der Waals surface area contributed by atoms with Crippen LogP contribution in [0, 0.1) is 0 Å². The van der Waals surface area contributed by atoms with Gasteiger partial charge in [0, 0.05) is 9.50 Å². The molecule has 0 spiro atoms. The predicted molar refractivity (Wildman–Crippen MR) is 94.1 cm³/mol. The van der Waals surface area contributed by atoms with Gasteiger partial charge < -0.3 is 10.1 Å². The van der Waals surface area contributed by atoms with E-state index in [1.807, 2.05) is 0 Å². The molecule has 1 atom stereocenters. The van der Waals surface area contributed by atoms with Gasteiger partial charge in [0.2, 0.25) is 0 Å². The van der Waals surface area contributed by atoms with Crippen LogP contribution in [0.5, 0.6) is 0 Å². The second-order valence-electron chi connectivity index (χ2n) is 4.64. The van der Waals surface area contributed by atoms with Gasteiger partial charge in [0.25, 0.3) is 5.91 Å². The van der Waals surface area contributed by atoms with E-state index in [1.54, 1.807) is 36.4 Å². The molecular formula is C16H12BrCl2NO3. The largest absolute Gasteiger partial charge is 0.449 e. The zero-order chi connectivity index (χ0) is 17.0. The lowest BCUT2D eigenvalue weighted by Gasteiger charge is -2.14. The van der Waals surface area contributed by atoms with E-state index >= 15 is 0 Å². The molecule has 0 aliphatic heterocycles. The van der Waals surface area contributed by atoms with Gasteiger partial charge in [0.05, 0.1) is 16.3 Å². The number of halogens is 3. The molecule has 4 nitrogen and oxygen atoms in total. The van der Waals surface area contributed by atoms with Gasteiger partial charge in [-0.15, -0.1) is 0 Å². The Balaban J connectivity index is 2.03. The van der Waals surface area contributed by atoms with E-state index in [-0.39, 0.29) is 0 Å². The molecule has 1 unspecified atom stereocenters. The predicted octanol–water partition coefficient (Wildman–Crippen LogP) is 4.94. The number of hydrogen-bond donors (Lipinski definition) is 1. The molecule has 7 heteroatoms. The number of rotatable bonds is 4. The highest BCUT2D eigenvalue weighted by Gasteiger charge is 2.21. The maximum absolute atomic E-state index is 12.1. The van der Waals surface area contributed by atoms with E-state index in [0.717, 1.165) is 0 Å². The van der Waals surface area contributed by atoms with Crippen LogP contribution < -0.4 is 5.32 Å². The fourth-order valence-electron chi connectivity index (χ4n) is 1.73. The topological polar surface area (TPSA) is 55.4 Å². The molecule has 0 fully saturated rings. The van der Waals surface area contributed by atoms with Gasteiger partial charge in [0.15, 0.2) is 6.10 Å². The standard InChI is InChI=1S/C16H12BrCl2NO3/c1-9(23-16(22)11-4-2-3-5-12(11)17)15(21)20-14-7-6-10(18)8-13(14)19/h2-9H,1H3,(H,20,21). The van der Waals surface area contributed by atoms with Crippen LogP contribution in [0.3, 0.4) is 0 Å². The van der Waals surface area contributed by atoms with Crippen LogP contribution in [0.1, 0.15) is 17.3 Å². The summed E-state index contributed by atoms with van der Waals surface area (Å²) in [6.45, 7) is 1.48. The Bertz CT molecular complexity index is 752. The lowest BCUT2D eigenvalue weighted by atomic mass is 10.2. The Kier molecular flexibility index (Phi) is 6.04. The highest BCUT2D eigenvalue weighted by atomic mass is 79.9. The van der Waals surface area contributed by atoms with Crippen molar-refractivity contribution in [3.05, 3.63) is 62.5 Å². The molecule has 0 saturated heterocycles. The van der Waals surface area contributed by atoms with Gasteiger partial charge >= 0.3 is 5.97 Å². The molecule has 1 amide bonds. The fourth-order valence-corrected chi connectivity index (χ4v) is 2.63. The summed E-state index contributed by atoms with van der Waals surface area (Å²) in [6.07, 6.45) is -0.985. The molecule has 0 aliphatic rings. The molecule has 2 aromatic carbocycles. The Hall–Kier alpha value is -1.56. The number of esters is 1. The quantitative estimate of drug-likeness (QED) is 0.718. The number of ether oxygens (including phenoxy) is 1. The van der Waals surface area contributed by atoms with Crippen molar-refractivity contribution in [1.29, 1.82) is 0 Å². The number of carbonyl (C=O) groups is 2. The Morgan fingerprint density at radius 3 is 2.52 bits per heavy atom. The van der Waals surface area contributed by atoms with Gasteiger partial charge in [-0.2, -0.15) is 0 Å². The van der Waals surface area contributed by atoms with E-state index in [4.69, 9.17) is 27.9 Å². The van der Waals surface area contributed by atoms with E-state index in [2.05, 4.69) is 21.2 Å². The van der Waals surface area contributed by atoms with Crippen LogP contribution in [0.15, 0.2) is 46.9 Å². The highest BCUT2D eigenvalue weighted by molar-refractivity contribution is 9.10. The molecule has 0 aromatic heterocycles. The molecule has 2 rings (SSSR count). The van der Waals surface area contributed by atoms with Crippen LogP contribution in [-0.4, -0.2) is 18.0 Å². The van der Waals surface area contributed by atoms with Crippen molar-refractivity contribution in [2.24, 2.45) is 0 Å². The molecule has 2 aromatic rings. The Morgan fingerprint density at radius 1 is 1.17 bits per heavy atom. The van der Waals surface area contributed by atoms with Gasteiger partial charge in [-0.1, -0.05) is 35.3 Å². The molecule has 120 valence electrons. The minimum absolute atomic E-state index is 0.301. The van der Waals surface area contributed by atoms with Crippen molar-refractivity contribution in [2.45, 2.75) is 13.0 Å². The van der Waals surface area contributed by atoms with E-state index in [0.29, 0.717) is 25.8 Å². The number of nitrogens with one attached hydrogen (secondary N) is 1. The number of benzene rings is 2. The first-order valence-electron chi connectivity index (χ1n) is 6.60. The van der Waals surface area contributed by atoms with E-state index in [1.165, 1.54) is 13.0 Å². The lowest BCUT2D eigenvalue weighted by Crippen LogP contribution is -2.30. The van der Waals surface area contributed by atoms with Crippen molar-refractivity contribution in [3.8, 4) is 0 Å². The summed E-state index contributed by atoms with van der Waals surface area (Å²) >= 11 is 15.0. The lowest BCUT2D eigenvalue weighted by molar-refractivity contribution is -0.123. The first kappa shape index (κ1) is 17.8. The molecule has 0 radical (unpaired) electrons. The number of hydrogen-bond acceptors (Lipinski definition) is 3. The van der Waals surface area contributed by atoms with Crippen LogP contribution >= 0.6 is 39.1 Å². The summed E-state index contributed by atoms with van der Waals surface area (Å²) in [5, 5.41) is 3.35. The number of carbonyl (C=O) groups excluding carboxylic acids is 2. The van der Waals surface area contributed by atoms with Crippen molar-refractivity contribution in [3.63, 3.8) is 0 Å². The van der Waals surface area contributed by atoms with Crippen LogP contribution in [0.4, 0.5) is 5.69 Å². The van der Waals surface area contributed by atoms with Crippen LogP contribution in [0.25, 0.3) is 0 Å². The zero-order valence-corrected chi connectivity index (χ0v) is 15.1. The molecule has 0 aliphatic carbocycles. The third-order valence-corrected chi connectivity index (χ3v) is 4.18. The first-order chi connectivity index (χ1) is 10.9. The molecule has 23 heavy (non-hydrogen) atoms. The normalized spacial score (nSPS) is 11.7. The summed E-state index contributed by atoms with van der Waals surface area (Å²) < 4.78 is 5.76. The molecular weight excluding hydrogens is 405 g/mol. The Morgan fingerprint density at radius 2 is 1.87 bits per heavy atom. The third kappa shape index (κ3) is 4.70. The smallest absolute Gasteiger partial charge is 0.340 e. The summed E-state index contributed by atoms with van der Waals surface area (Å²) in [4.78, 5) is 24.2. The monoisotopic (exact) mass is 415 g/mol. The summed E-state index contributed by atoms with van der Waals surface area (Å²) in [5.74, 6) is -1.09. The van der Waals surface area contributed by atoms with E-state index < -0.39 is 18.0 Å². The van der Waals surface area contributed by atoms with Crippen LogP contribution in [-0.2, 0) is 9.53 Å². The maximum Gasteiger partial charge on any atom is 0.340 e.